The first-order chi connectivity index (χ1) is 41.7. The number of aromatic nitrogens is 2. The summed E-state index contributed by atoms with van der Waals surface area (Å²) in [5.74, 6) is 0. The topological polar surface area (TPSA) is 248 Å². The molecule has 0 saturated heterocycles. The Morgan fingerprint density at radius 2 is 0.477 bits per heavy atom. The second-order valence-electron chi connectivity index (χ2n) is 20.1. The standard InChI is InChI=1S/C71H29F3N12/c72-71(73,74)59-22-48(38-83)21-58(25-59)70-68(85-64-26-50(54-13-40(30-75)9-41(14-54)31-76)1-5-60(64)61-6-2-51(27-65(61)85)55-15-42(32-77)10-43(16-55)33-78)23-49(39-84)24-69(70)86-66-28-52(56-17-44(34-79)11-45(18-56)35-80)3-7-62(66)63-8-4-53(29-67(63)86)57-19-46(36-81)12-47(20-57)37-82/h1-29H. The minimum Gasteiger partial charge on any atom is -0.308 e. The van der Waals surface area contributed by atoms with Crippen LogP contribution in [0.15, 0.2) is 176 Å². The predicted molar refractivity (Wildman–Crippen MR) is 314 cm³/mol. The van der Waals surface area contributed by atoms with E-state index in [9.17, 15) is 52.6 Å². The van der Waals surface area contributed by atoms with E-state index in [-0.39, 0.29) is 78.1 Å². The second kappa shape index (κ2) is 20.9. The lowest BCUT2D eigenvalue weighted by atomic mass is 9.94. The zero-order chi connectivity index (χ0) is 60.1. The Morgan fingerprint density at radius 3 is 0.721 bits per heavy atom. The van der Waals surface area contributed by atoms with Crippen molar-refractivity contribution >= 4 is 43.6 Å². The molecule has 0 bridgehead atoms. The van der Waals surface area contributed by atoms with Crippen LogP contribution in [0.3, 0.4) is 0 Å². The van der Waals surface area contributed by atoms with Gasteiger partial charge in [0.1, 0.15) is 0 Å². The van der Waals surface area contributed by atoms with E-state index in [2.05, 4.69) is 54.6 Å². The molecular weight excluding hydrogens is 1080 g/mol. The molecule has 0 saturated carbocycles. The average molecular weight is 1110 g/mol. The summed E-state index contributed by atoms with van der Waals surface area (Å²) in [4.78, 5) is 0. The molecule has 0 aliphatic carbocycles. The van der Waals surface area contributed by atoms with Crippen molar-refractivity contribution in [3.63, 3.8) is 0 Å². The van der Waals surface area contributed by atoms with Crippen LogP contribution >= 0.6 is 0 Å². The first-order valence-electron chi connectivity index (χ1n) is 25.9. The predicted octanol–water partition coefficient (Wildman–Crippen LogP) is 16.0. The number of nitrogens with zero attached hydrogens (tertiary/aromatic N) is 12. The Bertz CT molecular complexity index is 4800. The van der Waals surface area contributed by atoms with E-state index in [0.29, 0.717) is 88.1 Å². The Kier molecular flexibility index (Phi) is 12.9. The number of hydrogen-bond acceptors (Lipinski definition) is 10. The maximum atomic E-state index is 15.4. The molecule has 0 spiro atoms. The lowest BCUT2D eigenvalue weighted by Crippen LogP contribution is -2.08. The van der Waals surface area contributed by atoms with Crippen LogP contribution in [-0.2, 0) is 6.18 Å². The van der Waals surface area contributed by atoms with E-state index in [1.165, 1.54) is 42.5 Å². The molecule has 0 aliphatic heterocycles. The van der Waals surface area contributed by atoms with Gasteiger partial charge in [0, 0.05) is 27.1 Å². The maximum Gasteiger partial charge on any atom is 0.416 e. The third-order valence-electron chi connectivity index (χ3n) is 15.0. The smallest absolute Gasteiger partial charge is 0.308 e. The highest BCUT2D eigenvalue weighted by molar-refractivity contribution is 6.14. The van der Waals surface area contributed by atoms with Crippen LogP contribution in [0.2, 0.25) is 0 Å². The summed E-state index contributed by atoms with van der Waals surface area (Å²) < 4.78 is 49.9. The Labute approximate surface area is 487 Å². The summed E-state index contributed by atoms with van der Waals surface area (Å²) in [6, 6.07) is 67.8. The molecule has 0 aliphatic rings. The number of fused-ring (bicyclic) bond motifs is 6. The van der Waals surface area contributed by atoms with Gasteiger partial charge in [0.25, 0.3) is 0 Å². The lowest BCUT2D eigenvalue weighted by Gasteiger charge is -2.22. The molecule has 86 heavy (non-hydrogen) atoms. The lowest BCUT2D eigenvalue weighted by molar-refractivity contribution is -0.137. The maximum absolute atomic E-state index is 15.4. The number of nitriles is 10. The van der Waals surface area contributed by atoms with E-state index in [4.69, 9.17) is 0 Å². The fraction of sp³-hybridized carbons (Fsp3) is 0.0141. The van der Waals surface area contributed by atoms with Crippen LogP contribution in [0, 0.1) is 113 Å². The highest BCUT2D eigenvalue weighted by atomic mass is 19.4. The first-order valence-corrected chi connectivity index (χ1v) is 25.9. The molecule has 2 aromatic heterocycles. The fourth-order valence-electron chi connectivity index (χ4n) is 11.3. The van der Waals surface area contributed by atoms with Crippen molar-refractivity contribution < 1.29 is 13.2 Å². The number of rotatable bonds is 7. The van der Waals surface area contributed by atoms with Crippen LogP contribution in [0.5, 0.6) is 0 Å². The second-order valence-corrected chi connectivity index (χ2v) is 20.1. The zero-order valence-electron chi connectivity index (χ0n) is 44.2. The molecule has 2 heterocycles. The molecule has 12 aromatic rings. The van der Waals surface area contributed by atoms with Gasteiger partial charge in [-0.05, 0) is 177 Å². The third kappa shape index (κ3) is 9.19. The summed E-state index contributed by atoms with van der Waals surface area (Å²) in [5.41, 5.74) is 6.28. The quantitative estimate of drug-likeness (QED) is 0.146. The van der Waals surface area contributed by atoms with Gasteiger partial charge in [-0.3, -0.25) is 0 Å². The molecule has 12 rings (SSSR count). The molecule has 15 heteroatoms. The SMILES string of the molecule is N#Cc1cc(C#N)cc(-c2ccc3c4ccc(-c5cc(C#N)cc(C#N)c5)cc4n(-c4cc(C#N)cc(-n5c6cc(-c7cc(C#N)cc(C#N)c7)ccc6c6ccc(-c7cc(C#N)cc(C#N)c7)cc65)c4-c4cc(C#N)cc(C(F)(F)F)c4)c3c2)c1. The molecule has 394 valence electrons. The van der Waals surface area contributed by atoms with Gasteiger partial charge in [-0.2, -0.15) is 65.8 Å². The highest BCUT2D eigenvalue weighted by Crippen LogP contribution is 2.47. The van der Waals surface area contributed by atoms with Gasteiger partial charge in [0.05, 0.1) is 155 Å². The Hall–Kier alpha value is -13.5. The van der Waals surface area contributed by atoms with Crippen molar-refractivity contribution in [1.82, 2.24) is 9.13 Å². The molecule has 10 aromatic carbocycles. The van der Waals surface area contributed by atoms with E-state index >= 15 is 13.2 Å². The number of benzene rings is 10. The summed E-state index contributed by atoms with van der Waals surface area (Å²) in [6.07, 6.45) is -4.98. The third-order valence-corrected chi connectivity index (χ3v) is 15.0. The van der Waals surface area contributed by atoms with Crippen LogP contribution in [-0.4, -0.2) is 9.13 Å². The molecule has 0 amide bonds. The van der Waals surface area contributed by atoms with Crippen molar-refractivity contribution in [2.75, 3.05) is 0 Å². The normalized spacial score (nSPS) is 10.8. The summed E-state index contributed by atoms with van der Waals surface area (Å²) in [6.45, 7) is 0. The van der Waals surface area contributed by atoms with Gasteiger partial charge in [0.15, 0.2) is 0 Å². The first kappa shape index (κ1) is 53.1. The van der Waals surface area contributed by atoms with Crippen LogP contribution in [0.25, 0.3) is 111 Å². The summed E-state index contributed by atoms with van der Waals surface area (Å²) >= 11 is 0. The average Bonchev–Trinajstić information content (AvgIpc) is 2.64. The van der Waals surface area contributed by atoms with E-state index in [1.54, 1.807) is 81.9 Å². The number of hydrogen-bond donors (Lipinski definition) is 0. The van der Waals surface area contributed by atoms with Crippen LogP contribution < -0.4 is 0 Å². The monoisotopic (exact) mass is 1110 g/mol. The van der Waals surface area contributed by atoms with Gasteiger partial charge in [-0.15, -0.1) is 0 Å². The highest BCUT2D eigenvalue weighted by Gasteiger charge is 2.33. The summed E-state index contributed by atoms with van der Waals surface area (Å²) in [5, 5.41) is 105. The zero-order valence-corrected chi connectivity index (χ0v) is 44.2. The van der Waals surface area contributed by atoms with E-state index in [0.717, 1.165) is 12.1 Å². The van der Waals surface area contributed by atoms with Gasteiger partial charge in [-0.1, -0.05) is 48.5 Å². The van der Waals surface area contributed by atoms with E-state index in [1.807, 2.05) is 54.6 Å². The van der Waals surface area contributed by atoms with E-state index < -0.39 is 11.7 Å². The molecule has 0 N–H and O–H groups in total. The molecule has 0 radical (unpaired) electrons. The van der Waals surface area contributed by atoms with Gasteiger partial charge in [-0.25, -0.2) is 0 Å². The van der Waals surface area contributed by atoms with Crippen molar-refractivity contribution in [1.29, 1.82) is 52.6 Å². The molecule has 0 unspecified atom stereocenters. The summed E-state index contributed by atoms with van der Waals surface area (Å²) in [7, 11) is 0. The van der Waals surface area contributed by atoms with Crippen molar-refractivity contribution in [2.45, 2.75) is 6.18 Å². The van der Waals surface area contributed by atoms with Gasteiger partial charge >= 0.3 is 6.18 Å². The van der Waals surface area contributed by atoms with Crippen molar-refractivity contribution in [2.24, 2.45) is 0 Å². The van der Waals surface area contributed by atoms with Gasteiger partial charge in [0.2, 0.25) is 0 Å². The van der Waals surface area contributed by atoms with Crippen molar-refractivity contribution in [3.05, 3.63) is 237 Å². The minimum atomic E-state index is -4.98. The Balaban J connectivity index is 1.30. The largest absolute Gasteiger partial charge is 0.416 e. The molecule has 12 nitrogen and oxygen atoms in total. The van der Waals surface area contributed by atoms with Crippen LogP contribution in [0.1, 0.15) is 61.2 Å². The Morgan fingerprint density at radius 1 is 0.244 bits per heavy atom. The van der Waals surface area contributed by atoms with Crippen molar-refractivity contribution in [3.8, 4) is 128 Å². The minimum absolute atomic E-state index is 0.0254. The van der Waals surface area contributed by atoms with Crippen LogP contribution in [0.4, 0.5) is 13.2 Å². The fourth-order valence-corrected chi connectivity index (χ4v) is 11.3. The number of alkyl halides is 3. The van der Waals surface area contributed by atoms with Gasteiger partial charge < -0.3 is 9.13 Å². The molecule has 0 atom stereocenters. The molecular formula is C71H29F3N12. The molecule has 0 fully saturated rings. The number of halogens is 3.